The number of aryl methyl sites for hydroxylation is 1. The zero-order valence-corrected chi connectivity index (χ0v) is 31.6. The first-order valence-corrected chi connectivity index (χ1v) is 18.9. The van der Waals surface area contributed by atoms with Gasteiger partial charge in [0.1, 0.15) is 53.7 Å². The third-order valence-corrected chi connectivity index (χ3v) is 2.59. The van der Waals surface area contributed by atoms with Crippen LogP contribution in [0.3, 0.4) is 0 Å². The van der Waals surface area contributed by atoms with Gasteiger partial charge >= 0.3 is 59.6 Å². The van der Waals surface area contributed by atoms with E-state index in [0.29, 0.717) is 5.56 Å². The summed E-state index contributed by atoms with van der Waals surface area (Å²) in [5.41, 5.74) is 6.19. The zero-order valence-electron chi connectivity index (χ0n) is 23.1. The van der Waals surface area contributed by atoms with Crippen LogP contribution in [0.5, 0.6) is 0 Å². The number of anilines is 1. The van der Waals surface area contributed by atoms with Gasteiger partial charge in [-0.3, -0.25) is 16.8 Å². The molecule has 0 fully saturated rings. The second-order valence-electron chi connectivity index (χ2n) is 5.37. The molecule has 0 aliphatic carbocycles. The number of aromatic amines is 1. The Bertz CT molecular complexity index is 1150. The number of nitrogens with one attached hydrogen (secondary N) is 1. The topological polar surface area (TPSA) is 325 Å². The Morgan fingerprint density at radius 3 is 1.13 bits per heavy atom. The number of allylic oxidation sites excluding steroid dienone is 4. The number of hydrogen-bond donors (Lipinski definition) is 5. The van der Waals surface area contributed by atoms with Crippen LogP contribution < -0.4 is 17.4 Å². The van der Waals surface area contributed by atoms with Gasteiger partial charge in [-0.2, -0.15) is 41.9 Å². The number of nitriles is 7. The molecule has 0 saturated heterocycles. The Balaban J connectivity index is -0.0000000502. The number of aromatic nitrogens is 2. The number of rotatable bonds is 0. The number of aliphatic hydroxyl groups excluding tert-OH is 1. The number of halogens is 10. The first-order valence-electron chi connectivity index (χ1n) is 9.67. The SMILES string of the molecule is C.CC(Cl)=C(C#N)C#N.CC(O)=C(C#N)C#N.Cc1[nH]nc(N)c1C#N.ClCCl.ClCCl.ClP(Cl)(Cl)(Cl)Cl.N#CCC#N.NN.O. The van der Waals surface area contributed by atoms with Crippen molar-refractivity contribution in [3.8, 4) is 42.5 Å². The van der Waals surface area contributed by atoms with Crippen molar-refractivity contribution < 1.29 is 10.6 Å². The summed E-state index contributed by atoms with van der Waals surface area (Å²) in [5.74, 6) is 8.05. The molecule has 0 radical (unpaired) electrons. The van der Waals surface area contributed by atoms with Gasteiger partial charge in [0.15, 0.2) is 11.4 Å². The second-order valence-corrected chi connectivity index (χ2v) is 24.2. The summed E-state index contributed by atoms with van der Waals surface area (Å²) in [5, 5.41) is 71.0. The van der Waals surface area contributed by atoms with Crippen LogP contribution in [0.1, 0.15) is 39.0 Å². The van der Waals surface area contributed by atoms with Gasteiger partial charge in [-0.05, 0) is 20.8 Å². The summed E-state index contributed by atoms with van der Waals surface area (Å²) in [6.45, 7) is 4.55. The van der Waals surface area contributed by atoms with Crippen LogP contribution >= 0.6 is 118 Å². The van der Waals surface area contributed by atoms with Gasteiger partial charge in [0, 0.05) is 5.03 Å². The number of alkyl halides is 4. The van der Waals surface area contributed by atoms with E-state index in [1.807, 2.05) is 6.07 Å². The molecule has 1 aromatic heterocycles. The van der Waals surface area contributed by atoms with Crippen LogP contribution in [0.15, 0.2) is 21.9 Å². The van der Waals surface area contributed by atoms with Crippen LogP contribution in [-0.4, -0.2) is 31.5 Å². The molecule has 0 spiro atoms. The Kier molecular flexibility index (Phi) is 65.0. The minimum Gasteiger partial charge on any atom is -0.412 e. The Hall–Kier alpha value is -2.07. The summed E-state index contributed by atoms with van der Waals surface area (Å²) < 4.78 is -3.69. The zero-order chi connectivity index (χ0) is 37.0. The van der Waals surface area contributed by atoms with Crippen LogP contribution in [0.4, 0.5) is 5.82 Å². The van der Waals surface area contributed by atoms with E-state index in [2.05, 4.69) is 21.9 Å². The molecule has 0 aromatic carbocycles. The Morgan fingerprint density at radius 1 is 0.804 bits per heavy atom. The molecule has 10 N–H and O–H groups in total. The predicted molar refractivity (Wildman–Crippen MR) is 193 cm³/mol. The van der Waals surface area contributed by atoms with Crippen molar-refractivity contribution in [1.82, 2.24) is 10.2 Å². The standard InChI is InChI=1S/C5H3ClN2.C5H6N4.C5H4N2O.C3H2N2.2CH2Cl2.CH4.Cl5P.H4N2.H2O/c1-4(6)5(2-7)3-8;1-3-4(2-6)5(7)9-8-3;1-4(8)5(2-6)3-7;4-2-1-3-5;2*2-1-3;;1-6(2,3,4)5;1-2;/h1H3;1H3,(H3,7,8,9);8H,1H3;1H2;2*1H2;1H4;;1-2H2;1H2. The maximum absolute atomic E-state index is 8.45. The summed E-state index contributed by atoms with van der Waals surface area (Å²) in [7, 11) is 0. The molecular formula is C21H29Cl10N12O2P. The van der Waals surface area contributed by atoms with Gasteiger partial charge < -0.3 is 16.3 Å². The van der Waals surface area contributed by atoms with Crippen molar-refractivity contribution in [3.05, 3.63) is 33.2 Å². The van der Waals surface area contributed by atoms with Crippen molar-refractivity contribution in [3.63, 3.8) is 0 Å². The number of aliphatic hydroxyl groups is 1. The number of H-pyrrole nitrogens is 1. The number of hydrazine groups is 1. The maximum atomic E-state index is 8.45. The summed E-state index contributed by atoms with van der Waals surface area (Å²) in [4.78, 5) is 0. The average Bonchev–Trinajstić information content (AvgIpc) is 3.24. The number of nitrogens with zero attached hydrogens (tertiary/aromatic N) is 8. The van der Waals surface area contributed by atoms with E-state index in [1.54, 1.807) is 31.2 Å². The molecule has 25 heteroatoms. The van der Waals surface area contributed by atoms with Crippen molar-refractivity contribution >= 4 is 123 Å². The maximum Gasteiger partial charge on any atom is 0.122 e. The number of hydrogen-bond acceptors (Lipinski definition) is 12. The summed E-state index contributed by atoms with van der Waals surface area (Å²) in [6, 6.07) is 11.6. The molecule has 0 atom stereocenters. The average molecular weight is 867 g/mol. The van der Waals surface area contributed by atoms with Gasteiger partial charge in [-0.15, -0.1) is 46.4 Å². The molecule has 14 nitrogen and oxygen atoms in total. The second kappa shape index (κ2) is 45.1. The van der Waals surface area contributed by atoms with E-state index in [9.17, 15) is 0 Å². The molecule has 46 heavy (non-hydrogen) atoms. The van der Waals surface area contributed by atoms with Crippen LogP contribution in [0.2, 0.25) is 0 Å². The van der Waals surface area contributed by atoms with E-state index in [4.69, 9.17) is 162 Å². The normalized spacial score (nSPS) is 7.87. The molecule has 0 amide bonds. The molecule has 1 rings (SSSR count). The fourth-order valence-corrected chi connectivity index (χ4v) is 1.07. The third-order valence-electron chi connectivity index (χ3n) is 2.40. The van der Waals surface area contributed by atoms with Crippen LogP contribution in [0.25, 0.3) is 0 Å². The summed E-state index contributed by atoms with van der Waals surface area (Å²) in [6.07, 6.45) is 0. The first-order chi connectivity index (χ1) is 20.2. The first kappa shape index (κ1) is 66.4. The molecule has 0 unspecified atom stereocenters. The molecule has 0 aliphatic rings. The van der Waals surface area contributed by atoms with Gasteiger partial charge in [0.25, 0.3) is 0 Å². The number of nitrogen functional groups attached to an aromatic ring is 1. The van der Waals surface area contributed by atoms with E-state index in [1.165, 1.54) is 26.0 Å². The van der Waals surface area contributed by atoms with Crippen LogP contribution in [0, 0.1) is 86.2 Å². The Labute approximate surface area is 317 Å². The van der Waals surface area contributed by atoms with E-state index < -0.39 is 3.37 Å². The molecule has 0 aliphatic heterocycles. The van der Waals surface area contributed by atoms with Crippen molar-refractivity contribution in [2.45, 2.75) is 34.6 Å². The fraction of sp³-hybridized carbons (Fsp3) is 0.333. The van der Waals surface area contributed by atoms with Gasteiger partial charge in [-0.1, -0.05) is 19.0 Å². The van der Waals surface area contributed by atoms with Gasteiger partial charge in [-0.25, -0.2) is 0 Å². The minimum atomic E-state index is -3.69. The molecule has 260 valence electrons. The molecular weight excluding hydrogens is 838 g/mol. The van der Waals surface area contributed by atoms with Crippen molar-refractivity contribution in [2.75, 3.05) is 16.4 Å². The van der Waals surface area contributed by atoms with Crippen LogP contribution in [-0.2, 0) is 0 Å². The quantitative estimate of drug-likeness (QED) is 0.0408. The third kappa shape index (κ3) is 73.4. The van der Waals surface area contributed by atoms with E-state index in [0.717, 1.165) is 5.69 Å². The molecule has 1 aromatic rings. The molecule has 1 heterocycles. The minimum absolute atomic E-state index is 0. The van der Waals surface area contributed by atoms with E-state index in [-0.39, 0.29) is 57.8 Å². The largest absolute Gasteiger partial charge is 0.412 e. The van der Waals surface area contributed by atoms with E-state index >= 15 is 0 Å². The monoisotopic (exact) mass is 862 g/mol. The van der Waals surface area contributed by atoms with Gasteiger partial charge in [0.2, 0.25) is 0 Å². The summed E-state index contributed by atoms with van der Waals surface area (Å²) >= 11 is 49.2. The number of nitrogens with two attached hydrogens (primary N) is 3. The smallest absolute Gasteiger partial charge is 0.122 e. The predicted octanol–water partition coefficient (Wildman–Crippen LogP) is 8.79. The Morgan fingerprint density at radius 2 is 1.09 bits per heavy atom. The molecule has 0 bridgehead atoms. The van der Waals surface area contributed by atoms with Crippen molar-refractivity contribution in [1.29, 1.82) is 36.8 Å². The van der Waals surface area contributed by atoms with Gasteiger partial charge in [0.05, 0.1) is 28.5 Å². The van der Waals surface area contributed by atoms with Crippen molar-refractivity contribution in [2.24, 2.45) is 11.7 Å². The fourth-order valence-electron chi connectivity index (χ4n) is 0.990. The molecule has 0 saturated carbocycles.